The summed E-state index contributed by atoms with van der Waals surface area (Å²) in [6, 6.07) is 1.93. The average molecular weight is 283 g/mol. The zero-order valence-corrected chi connectivity index (χ0v) is 10.9. The van der Waals surface area contributed by atoms with E-state index in [0.717, 1.165) is 21.0 Å². The monoisotopic (exact) mass is 282 g/mol. The van der Waals surface area contributed by atoms with Gasteiger partial charge in [0.15, 0.2) is 0 Å². The second-order valence-corrected chi connectivity index (χ2v) is 5.49. The number of thiazole rings is 1. The highest BCUT2D eigenvalue weighted by Crippen LogP contribution is 2.27. The van der Waals surface area contributed by atoms with E-state index in [9.17, 15) is 0 Å². The number of rotatable bonds is 3. The van der Waals surface area contributed by atoms with Gasteiger partial charge in [0.05, 0.1) is 16.8 Å². The van der Waals surface area contributed by atoms with Gasteiger partial charge in [0.2, 0.25) is 5.28 Å². The van der Waals surface area contributed by atoms with Crippen LogP contribution < -0.4 is 5.32 Å². The van der Waals surface area contributed by atoms with E-state index in [-0.39, 0.29) is 5.28 Å². The van der Waals surface area contributed by atoms with E-state index in [4.69, 9.17) is 11.6 Å². The summed E-state index contributed by atoms with van der Waals surface area (Å²) in [4.78, 5) is 12.6. The Hall–Kier alpha value is -1.24. The smallest absolute Gasteiger partial charge is 0.224 e. The number of nitrogens with one attached hydrogen (secondary N) is 1. The van der Waals surface area contributed by atoms with E-state index in [2.05, 4.69) is 20.3 Å². The van der Waals surface area contributed by atoms with Crippen LogP contribution in [0.15, 0.2) is 23.0 Å². The van der Waals surface area contributed by atoms with Crippen LogP contribution in [0.5, 0.6) is 0 Å². The first-order valence-electron chi connectivity index (χ1n) is 4.86. The Morgan fingerprint density at radius 3 is 3.00 bits per heavy atom. The molecule has 0 radical (unpaired) electrons. The van der Waals surface area contributed by atoms with Crippen LogP contribution in [0.1, 0.15) is 5.01 Å². The molecule has 0 aliphatic rings. The SMILES string of the molecule is Clc1nc(NCc2nccs2)c2sccc2n1. The molecule has 0 amide bonds. The highest BCUT2D eigenvalue weighted by Gasteiger charge is 2.08. The average Bonchev–Trinajstić information content (AvgIpc) is 2.95. The van der Waals surface area contributed by atoms with Gasteiger partial charge in [-0.1, -0.05) is 0 Å². The Morgan fingerprint density at radius 2 is 2.18 bits per heavy atom. The molecule has 86 valence electrons. The summed E-state index contributed by atoms with van der Waals surface area (Å²) in [5, 5.41) is 8.44. The van der Waals surface area contributed by atoms with Crippen molar-refractivity contribution in [2.24, 2.45) is 0 Å². The maximum absolute atomic E-state index is 5.87. The lowest BCUT2D eigenvalue weighted by molar-refractivity contribution is 1.08. The van der Waals surface area contributed by atoms with Crippen LogP contribution >= 0.6 is 34.3 Å². The first-order chi connectivity index (χ1) is 8.33. The van der Waals surface area contributed by atoms with Crippen molar-refractivity contribution in [1.29, 1.82) is 0 Å². The Balaban J connectivity index is 1.91. The fourth-order valence-corrected chi connectivity index (χ4v) is 2.98. The van der Waals surface area contributed by atoms with Crippen molar-refractivity contribution in [3.63, 3.8) is 0 Å². The van der Waals surface area contributed by atoms with Crippen LogP contribution in [0, 0.1) is 0 Å². The summed E-state index contributed by atoms with van der Waals surface area (Å²) >= 11 is 9.07. The van der Waals surface area contributed by atoms with Crippen LogP contribution in [0.4, 0.5) is 5.82 Å². The third kappa shape index (κ3) is 2.24. The quantitative estimate of drug-likeness (QED) is 0.748. The summed E-state index contributed by atoms with van der Waals surface area (Å²) in [6.45, 7) is 0.651. The van der Waals surface area contributed by atoms with Crippen LogP contribution in [0.3, 0.4) is 0 Å². The molecule has 0 spiro atoms. The number of nitrogens with zero attached hydrogens (tertiary/aromatic N) is 3. The van der Waals surface area contributed by atoms with Gasteiger partial charge in [0, 0.05) is 11.6 Å². The second-order valence-electron chi connectivity index (χ2n) is 3.26. The molecule has 17 heavy (non-hydrogen) atoms. The van der Waals surface area contributed by atoms with E-state index < -0.39 is 0 Å². The number of fused-ring (bicyclic) bond motifs is 1. The molecule has 3 aromatic rings. The van der Waals surface area contributed by atoms with Crippen molar-refractivity contribution in [2.45, 2.75) is 6.54 Å². The van der Waals surface area contributed by atoms with Gasteiger partial charge in [-0.15, -0.1) is 22.7 Å². The third-order valence-electron chi connectivity index (χ3n) is 2.17. The number of hydrogen-bond donors (Lipinski definition) is 1. The predicted molar refractivity (Wildman–Crippen MR) is 71.9 cm³/mol. The molecule has 0 saturated carbocycles. The Labute approximate surface area is 110 Å². The van der Waals surface area contributed by atoms with Gasteiger partial charge in [-0.25, -0.2) is 9.97 Å². The minimum atomic E-state index is 0.262. The molecule has 7 heteroatoms. The van der Waals surface area contributed by atoms with Crippen LogP contribution in [0.25, 0.3) is 10.2 Å². The van der Waals surface area contributed by atoms with Gasteiger partial charge in [-0.2, -0.15) is 4.98 Å². The lowest BCUT2D eigenvalue weighted by Crippen LogP contribution is -2.01. The van der Waals surface area contributed by atoms with Crippen LogP contribution in [-0.2, 0) is 6.54 Å². The number of aromatic nitrogens is 3. The molecule has 0 aliphatic carbocycles. The Morgan fingerprint density at radius 1 is 1.24 bits per heavy atom. The standard InChI is InChI=1S/C10H7ClN4S2/c11-10-14-6-1-3-17-8(6)9(15-10)13-5-7-12-2-4-16-7/h1-4H,5H2,(H,13,14,15). The van der Waals surface area contributed by atoms with Crippen molar-refractivity contribution in [2.75, 3.05) is 5.32 Å². The summed E-state index contributed by atoms with van der Waals surface area (Å²) in [5.74, 6) is 0.769. The molecule has 0 aliphatic heterocycles. The van der Waals surface area contributed by atoms with E-state index in [1.165, 1.54) is 0 Å². The molecule has 0 aromatic carbocycles. The number of hydrogen-bond acceptors (Lipinski definition) is 6. The number of halogens is 1. The fraction of sp³-hybridized carbons (Fsp3) is 0.100. The third-order valence-corrected chi connectivity index (χ3v) is 4.03. The first kappa shape index (κ1) is 10.9. The molecule has 0 saturated heterocycles. The largest absolute Gasteiger partial charge is 0.362 e. The second kappa shape index (κ2) is 4.56. The number of thiophene rings is 1. The molecule has 3 aromatic heterocycles. The number of anilines is 1. The molecular formula is C10H7ClN4S2. The maximum atomic E-state index is 5.87. The highest BCUT2D eigenvalue weighted by molar-refractivity contribution is 7.17. The van der Waals surface area contributed by atoms with E-state index in [1.807, 2.05) is 16.8 Å². The van der Waals surface area contributed by atoms with Crippen LogP contribution in [-0.4, -0.2) is 15.0 Å². The molecule has 1 N–H and O–H groups in total. The minimum absolute atomic E-state index is 0.262. The molecule has 0 fully saturated rings. The van der Waals surface area contributed by atoms with Crippen molar-refractivity contribution in [1.82, 2.24) is 15.0 Å². The van der Waals surface area contributed by atoms with Gasteiger partial charge in [-0.05, 0) is 23.0 Å². The Bertz CT molecular complexity index is 635. The lowest BCUT2D eigenvalue weighted by atomic mass is 10.4. The molecule has 0 atom stereocenters. The van der Waals surface area contributed by atoms with Crippen molar-refractivity contribution in [3.05, 3.63) is 33.3 Å². The lowest BCUT2D eigenvalue weighted by Gasteiger charge is -2.04. The van der Waals surface area contributed by atoms with Crippen molar-refractivity contribution < 1.29 is 0 Å². The van der Waals surface area contributed by atoms with Gasteiger partial charge >= 0.3 is 0 Å². The fourth-order valence-electron chi connectivity index (χ4n) is 1.45. The van der Waals surface area contributed by atoms with Gasteiger partial charge in [-0.3, -0.25) is 0 Å². The molecule has 4 nitrogen and oxygen atoms in total. The maximum Gasteiger partial charge on any atom is 0.224 e. The van der Waals surface area contributed by atoms with Crippen molar-refractivity contribution >= 4 is 50.3 Å². The first-order valence-corrected chi connectivity index (χ1v) is 6.99. The zero-order valence-electron chi connectivity index (χ0n) is 8.55. The normalized spacial score (nSPS) is 10.9. The summed E-state index contributed by atoms with van der Waals surface area (Å²) in [5.41, 5.74) is 0.872. The van der Waals surface area contributed by atoms with E-state index in [0.29, 0.717) is 6.54 Å². The van der Waals surface area contributed by atoms with E-state index in [1.54, 1.807) is 28.9 Å². The predicted octanol–water partition coefficient (Wildman–Crippen LogP) is 3.41. The summed E-state index contributed by atoms with van der Waals surface area (Å²) in [7, 11) is 0. The Kier molecular flexibility index (Phi) is 2.92. The van der Waals surface area contributed by atoms with Crippen molar-refractivity contribution in [3.8, 4) is 0 Å². The van der Waals surface area contributed by atoms with E-state index >= 15 is 0 Å². The molecule has 0 unspecified atom stereocenters. The van der Waals surface area contributed by atoms with Crippen LogP contribution in [0.2, 0.25) is 5.28 Å². The summed E-state index contributed by atoms with van der Waals surface area (Å²) < 4.78 is 1.02. The van der Waals surface area contributed by atoms with Gasteiger partial charge in [0.25, 0.3) is 0 Å². The molecular weight excluding hydrogens is 276 g/mol. The molecule has 3 rings (SSSR count). The summed E-state index contributed by atoms with van der Waals surface area (Å²) in [6.07, 6.45) is 1.79. The zero-order chi connectivity index (χ0) is 11.7. The topological polar surface area (TPSA) is 50.7 Å². The van der Waals surface area contributed by atoms with Gasteiger partial charge in [0.1, 0.15) is 10.8 Å². The molecule has 0 bridgehead atoms. The van der Waals surface area contributed by atoms with Gasteiger partial charge < -0.3 is 5.32 Å². The molecule has 3 heterocycles. The highest BCUT2D eigenvalue weighted by atomic mass is 35.5. The minimum Gasteiger partial charge on any atom is -0.362 e.